The van der Waals surface area contributed by atoms with Crippen molar-refractivity contribution in [2.75, 3.05) is 14.1 Å². The Morgan fingerprint density at radius 3 is 2.52 bits per heavy atom. The van der Waals surface area contributed by atoms with E-state index in [1.165, 1.54) is 15.7 Å². The van der Waals surface area contributed by atoms with Crippen molar-refractivity contribution in [3.63, 3.8) is 0 Å². The molecule has 0 N–H and O–H groups in total. The van der Waals surface area contributed by atoms with Gasteiger partial charge in [0.2, 0.25) is 5.91 Å². The second kappa shape index (κ2) is 7.43. The first-order valence-electron chi connectivity index (χ1n) is 6.86. The summed E-state index contributed by atoms with van der Waals surface area (Å²) in [6.07, 6.45) is 2.79. The van der Waals surface area contributed by atoms with Crippen molar-refractivity contribution in [2.24, 2.45) is 0 Å². The number of unbranched alkanes of at least 4 members (excludes halogenated alkanes) is 1. The van der Waals surface area contributed by atoms with E-state index in [0.29, 0.717) is 25.8 Å². The van der Waals surface area contributed by atoms with Crippen LogP contribution < -0.4 is 11.2 Å². The Hall–Kier alpha value is -2.36. The van der Waals surface area contributed by atoms with E-state index in [9.17, 15) is 14.4 Å². The number of amides is 1. The summed E-state index contributed by atoms with van der Waals surface area (Å²) in [4.78, 5) is 37.0. The van der Waals surface area contributed by atoms with E-state index in [-0.39, 0.29) is 18.0 Å². The molecule has 0 aliphatic heterocycles. The van der Waals surface area contributed by atoms with Crippen LogP contribution in [0.1, 0.15) is 31.7 Å². The number of carbonyl (C=O) groups is 1. The first kappa shape index (κ1) is 16.7. The molecule has 0 bridgehead atoms. The molecule has 0 aromatic carbocycles. The summed E-state index contributed by atoms with van der Waals surface area (Å²) in [7, 11) is 3.37. The van der Waals surface area contributed by atoms with E-state index in [2.05, 4.69) is 0 Å². The Bertz CT molecular complexity index is 664. The molecule has 1 rings (SSSR count). The molecule has 1 amide bonds. The summed E-state index contributed by atoms with van der Waals surface area (Å²) in [6, 6.07) is 1.81. The highest BCUT2D eigenvalue weighted by molar-refractivity contribution is 5.75. The van der Waals surface area contributed by atoms with Gasteiger partial charge < -0.3 is 4.90 Å². The van der Waals surface area contributed by atoms with Gasteiger partial charge in [0, 0.05) is 39.8 Å². The van der Waals surface area contributed by atoms with Crippen molar-refractivity contribution in [1.82, 2.24) is 14.0 Å². The highest BCUT2D eigenvalue weighted by Gasteiger charge is 2.10. The van der Waals surface area contributed by atoms with E-state index in [1.807, 2.05) is 6.07 Å². The second-order valence-electron chi connectivity index (χ2n) is 4.93. The summed E-state index contributed by atoms with van der Waals surface area (Å²) < 4.78 is 2.41. The number of rotatable bonds is 6. The molecule has 0 saturated carbocycles. The molecule has 0 saturated heterocycles. The fourth-order valence-corrected chi connectivity index (χ4v) is 1.92. The van der Waals surface area contributed by atoms with Crippen LogP contribution >= 0.6 is 0 Å². The molecule has 0 fully saturated rings. The van der Waals surface area contributed by atoms with E-state index in [4.69, 9.17) is 5.26 Å². The maximum absolute atomic E-state index is 12.1. The minimum Gasteiger partial charge on any atom is -0.349 e. The van der Waals surface area contributed by atoms with Crippen LogP contribution in [0.4, 0.5) is 0 Å². The number of carbonyl (C=O) groups excluding carboxylic acids is 1. The van der Waals surface area contributed by atoms with E-state index in [0.717, 1.165) is 4.57 Å². The lowest BCUT2D eigenvalue weighted by atomic mass is 10.2. The zero-order chi connectivity index (χ0) is 16.0. The minimum absolute atomic E-state index is 0.0130. The van der Waals surface area contributed by atoms with Crippen LogP contribution in [-0.2, 0) is 17.9 Å². The van der Waals surface area contributed by atoms with Crippen LogP contribution in [0, 0.1) is 11.3 Å². The number of nitriles is 1. The Labute approximate surface area is 123 Å². The number of aryl methyl sites for hydroxylation is 1. The fourth-order valence-electron chi connectivity index (χ4n) is 1.92. The lowest BCUT2D eigenvalue weighted by molar-refractivity contribution is -0.128. The molecule has 0 aliphatic rings. The van der Waals surface area contributed by atoms with Crippen molar-refractivity contribution < 1.29 is 4.79 Å². The normalized spacial score (nSPS) is 10.2. The van der Waals surface area contributed by atoms with E-state index >= 15 is 0 Å². The molecule has 1 heterocycles. The minimum atomic E-state index is -0.564. The van der Waals surface area contributed by atoms with Gasteiger partial charge >= 0.3 is 5.69 Å². The molecule has 0 unspecified atom stereocenters. The molecule has 21 heavy (non-hydrogen) atoms. The third-order valence-electron chi connectivity index (χ3n) is 3.22. The lowest BCUT2D eigenvalue weighted by Crippen LogP contribution is -2.40. The van der Waals surface area contributed by atoms with Crippen LogP contribution in [0.5, 0.6) is 0 Å². The molecule has 0 aliphatic carbocycles. The smallest absolute Gasteiger partial charge is 0.331 e. The molecular weight excluding hydrogens is 272 g/mol. The molecule has 0 spiro atoms. The number of nitrogens with zero attached hydrogens (tertiary/aromatic N) is 4. The van der Waals surface area contributed by atoms with E-state index < -0.39 is 11.2 Å². The molecule has 114 valence electrons. The van der Waals surface area contributed by atoms with Gasteiger partial charge in [0.15, 0.2) is 0 Å². The number of aromatic nitrogens is 2. The van der Waals surface area contributed by atoms with Gasteiger partial charge in [-0.25, -0.2) is 4.79 Å². The third kappa shape index (κ3) is 4.05. The molecule has 0 radical (unpaired) electrons. The van der Waals surface area contributed by atoms with Crippen molar-refractivity contribution >= 4 is 5.91 Å². The van der Waals surface area contributed by atoms with Gasteiger partial charge in [0.1, 0.15) is 11.6 Å². The van der Waals surface area contributed by atoms with Crippen molar-refractivity contribution in [2.45, 2.75) is 39.3 Å². The monoisotopic (exact) mass is 292 g/mol. The van der Waals surface area contributed by atoms with Crippen LogP contribution in [0.25, 0.3) is 0 Å². The molecule has 1 aromatic rings. The summed E-state index contributed by atoms with van der Waals surface area (Å²) in [5.41, 5.74) is -1.02. The zero-order valence-electron chi connectivity index (χ0n) is 12.6. The Kier molecular flexibility index (Phi) is 5.91. The summed E-state index contributed by atoms with van der Waals surface area (Å²) in [6.45, 7) is 2.38. The van der Waals surface area contributed by atoms with Crippen LogP contribution in [-0.4, -0.2) is 34.0 Å². The van der Waals surface area contributed by atoms with Gasteiger partial charge in [-0.05, 0) is 19.8 Å². The summed E-state index contributed by atoms with van der Waals surface area (Å²) in [5.74, 6) is 0.0130. The van der Waals surface area contributed by atoms with Crippen molar-refractivity contribution in [3.05, 3.63) is 32.6 Å². The standard InChI is InChI=1S/C14H20N4O3/c1-4-17-10-11(9-15)13(20)18(14(17)21)8-6-5-7-12(19)16(2)3/h10H,4-8H2,1-3H3. The van der Waals surface area contributed by atoms with Gasteiger partial charge in [-0.2, -0.15) is 5.26 Å². The Morgan fingerprint density at radius 2 is 2.00 bits per heavy atom. The molecular formula is C14H20N4O3. The average Bonchev–Trinajstić information content (AvgIpc) is 2.46. The van der Waals surface area contributed by atoms with Gasteiger partial charge in [-0.15, -0.1) is 0 Å². The van der Waals surface area contributed by atoms with Crippen LogP contribution in [0.15, 0.2) is 15.8 Å². The Morgan fingerprint density at radius 1 is 1.33 bits per heavy atom. The maximum Gasteiger partial charge on any atom is 0.331 e. The lowest BCUT2D eigenvalue weighted by Gasteiger charge is -2.11. The van der Waals surface area contributed by atoms with Gasteiger partial charge in [-0.1, -0.05) is 0 Å². The van der Waals surface area contributed by atoms with Gasteiger partial charge in [0.05, 0.1) is 0 Å². The zero-order valence-corrected chi connectivity index (χ0v) is 12.6. The van der Waals surface area contributed by atoms with Crippen LogP contribution in [0.3, 0.4) is 0 Å². The fraction of sp³-hybridized carbons (Fsp3) is 0.571. The van der Waals surface area contributed by atoms with Gasteiger partial charge in [-0.3, -0.25) is 18.7 Å². The average molecular weight is 292 g/mol. The molecule has 0 atom stereocenters. The summed E-state index contributed by atoms with van der Waals surface area (Å²) in [5, 5.41) is 8.93. The summed E-state index contributed by atoms with van der Waals surface area (Å²) >= 11 is 0. The highest BCUT2D eigenvalue weighted by atomic mass is 16.2. The highest BCUT2D eigenvalue weighted by Crippen LogP contribution is 1.99. The van der Waals surface area contributed by atoms with E-state index in [1.54, 1.807) is 21.0 Å². The predicted octanol–water partition coefficient (Wildman–Crippen LogP) is 0.160. The number of hydrogen-bond donors (Lipinski definition) is 0. The van der Waals surface area contributed by atoms with Crippen molar-refractivity contribution in [1.29, 1.82) is 5.26 Å². The maximum atomic E-state index is 12.1. The first-order valence-corrected chi connectivity index (χ1v) is 6.86. The molecule has 1 aromatic heterocycles. The number of hydrogen-bond acceptors (Lipinski definition) is 4. The van der Waals surface area contributed by atoms with Crippen molar-refractivity contribution in [3.8, 4) is 6.07 Å². The molecule has 7 heteroatoms. The van der Waals surface area contributed by atoms with Crippen LogP contribution in [0.2, 0.25) is 0 Å². The second-order valence-corrected chi connectivity index (χ2v) is 4.93. The van der Waals surface area contributed by atoms with Gasteiger partial charge in [0.25, 0.3) is 5.56 Å². The quantitative estimate of drug-likeness (QED) is 0.699. The molecule has 7 nitrogen and oxygen atoms in total. The SMILES string of the molecule is CCn1cc(C#N)c(=O)n(CCCCC(=O)N(C)C)c1=O. The first-order chi connectivity index (χ1) is 9.92. The predicted molar refractivity (Wildman–Crippen MR) is 77.9 cm³/mol. The topological polar surface area (TPSA) is 88.1 Å². The largest absolute Gasteiger partial charge is 0.349 e. The Balaban J connectivity index is 2.85. The third-order valence-corrected chi connectivity index (χ3v) is 3.22.